The van der Waals surface area contributed by atoms with Gasteiger partial charge in [-0.05, 0) is 50.6 Å². The van der Waals surface area contributed by atoms with Crippen LogP contribution in [0.4, 0.5) is 16.2 Å². The number of anilines is 2. The summed E-state index contributed by atoms with van der Waals surface area (Å²) in [5.41, 5.74) is 5.71. The van der Waals surface area contributed by atoms with Gasteiger partial charge in [-0.1, -0.05) is 48.0 Å². The fraction of sp³-hybridized carbons (Fsp3) is 0.179. The number of esters is 1. The Bertz CT molecular complexity index is 1370. The van der Waals surface area contributed by atoms with Crippen LogP contribution in [0.1, 0.15) is 18.1 Å². The van der Waals surface area contributed by atoms with Crippen LogP contribution in [-0.2, 0) is 9.53 Å². The van der Waals surface area contributed by atoms with Crippen molar-refractivity contribution in [2.45, 2.75) is 20.8 Å². The van der Waals surface area contributed by atoms with Gasteiger partial charge in [-0.2, -0.15) is 0 Å². The maximum atomic E-state index is 12.6. The zero-order valence-corrected chi connectivity index (χ0v) is 19.9. The minimum atomic E-state index is -0.458. The Morgan fingerprint density at radius 3 is 2.46 bits per heavy atom. The number of benzene rings is 3. The Hall–Kier alpha value is -4.39. The van der Waals surface area contributed by atoms with Crippen molar-refractivity contribution in [3.8, 4) is 17.0 Å². The van der Waals surface area contributed by atoms with E-state index in [1.165, 1.54) is 0 Å². The molecule has 0 saturated carbocycles. The van der Waals surface area contributed by atoms with Crippen molar-refractivity contribution in [3.05, 3.63) is 83.9 Å². The standard InChI is InChI=1S/C28H27N3O4/c1-4-34-27(32)17-35-26-16-25(20-8-6-5-7-9-20)30-24-13-11-21(15-22(24)26)29-28(33)31-23-12-10-18(2)14-19(23)3/h5-16H,4,17H2,1-3H3,(H2,29,31,33). The second-order valence-electron chi connectivity index (χ2n) is 8.09. The molecule has 1 heterocycles. The van der Waals surface area contributed by atoms with E-state index in [2.05, 4.69) is 10.6 Å². The molecule has 35 heavy (non-hydrogen) atoms. The molecule has 4 rings (SSSR count). The molecule has 0 unspecified atom stereocenters. The van der Waals surface area contributed by atoms with Crippen molar-refractivity contribution >= 4 is 34.3 Å². The number of carbonyl (C=O) groups is 2. The molecule has 3 aromatic carbocycles. The summed E-state index contributed by atoms with van der Waals surface area (Å²) in [6.45, 7) is 5.74. The first-order valence-electron chi connectivity index (χ1n) is 11.4. The summed E-state index contributed by atoms with van der Waals surface area (Å²) in [6, 6.07) is 22.3. The maximum Gasteiger partial charge on any atom is 0.344 e. The SMILES string of the molecule is CCOC(=O)COc1cc(-c2ccccc2)nc2ccc(NC(=O)Nc3ccc(C)cc3C)cc12. The van der Waals surface area contributed by atoms with E-state index in [0.29, 0.717) is 28.0 Å². The van der Waals surface area contributed by atoms with Crippen LogP contribution in [0.3, 0.4) is 0 Å². The van der Waals surface area contributed by atoms with E-state index in [-0.39, 0.29) is 19.2 Å². The quantitative estimate of drug-likeness (QED) is 0.319. The van der Waals surface area contributed by atoms with Crippen LogP contribution in [0.25, 0.3) is 22.2 Å². The smallest absolute Gasteiger partial charge is 0.344 e. The highest BCUT2D eigenvalue weighted by Crippen LogP contribution is 2.32. The number of hydrogen-bond donors (Lipinski definition) is 2. The molecular formula is C28H27N3O4. The first-order valence-corrected chi connectivity index (χ1v) is 11.4. The molecule has 7 heteroatoms. The predicted octanol–water partition coefficient (Wildman–Crippen LogP) is 6.10. The summed E-state index contributed by atoms with van der Waals surface area (Å²) < 4.78 is 10.8. The number of carbonyl (C=O) groups excluding carboxylic acids is 2. The van der Waals surface area contributed by atoms with Crippen LogP contribution in [0.15, 0.2) is 72.8 Å². The van der Waals surface area contributed by atoms with E-state index in [4.69, 9.17) is 14.5 Å². The molecule has 0 aliphatic rings. The third-order valence-corrected chi connectivity index (χ3v) is 5.38. The molecule has 2 N–H and O–H groups in total. The van der Waals surface area contributed by atoms with Gasteiger partial charge < -0.3 is 20.1 Å². The van der Waals surface area contributed by atoms with Crippen molar-refractivity contribution in [1.82, 2.24) is 4.98 Å². The summed E-state index contributed by atoms with van der Waals surface area (Å²) in [5.74, 6) is 0.0150. The number of ether oxygens (including phenoxy) is 2. The fourth-order valence-electron chi connectivity index (χ4n) is 3.73. The van der Waals surface area contributed by atoms with E-state index >= 15 is 0 Å². The highest BCUT2D eigenvalue weighted by Gasteiger charge is 2.13. The molecule has 0 saturated heterocycles. The molecule has 2 amide bonds. The van der Waals surface area contributed by atoms with Crippen LogP contribution in [0.2, 0.25) is 0 Å². The Labute approximate surface area is 204 Å². The largest absolute Gasteiger partial charge is 0.481 e. The van der Waals surface area contributed by atoms with Gasteiger partial charge in [0, 0.05) is 28.4 Å². The average molecular weight is 470 g/mol. The van der Waals surface area contributed by atoms with Crippen LogP contribution in [-0.4, -0.2) is 30.2 Å². The van der Waals surface area contributed by atoms with E-state index < -0.39 is 5.97 Å². The van der Waals surface area contributed by atoms with Crippen LogP contribution in [0.5, 0.6) is 5.75 Å². The average Bonchev–Trinajstić information content (AvgIpc) is 2.85. The Balaban J connectivity index is 1.63. The molecule has 4 aromatic rings. The number of rotatable bonds is 7. The maximum absolute atomic E-state index is 12.6. The molecule has 7 nitrogen and oxygen atoms in total. The van der Waals surface area contributed by atoms with E-state index in [1.54, 1.807) is 25.1 Å². The highest BCUT2D eigenvalue weighted by molar-refractivity contribution is 6.02. The van der Waals surface area contributed by atoms with Crippen molar-refractivity contribution in [2.24, 2.45) is 0 Å². The van der Waals surface area contributed by atoms with Gasteiger partial charge in [-0.15, -0.1) is 0 Å². The minimum Gasteiger partial charge on any atom is -0.481 e. The number of nitrogens with one attached hydrogen (secondary N) is 2. The highest BCUT2D eigenvalue weighted by atomic mass is 16.6. The number of nitrogens with zero attached hydrogens (tertiary/aromatic N) is 1. The zero-order valence-electron chi connectivity index (χ0n) is 19.9. The number of hydrogen-bond acceptors (Lipinski definition) is 5. The number of fused-ring (bicyclic) bond motifs is 1. The van der Waals surface area contributed by atoms with Gasteiger partial charge in [0.05, 0.1) is 17.8 Å². The van der Waals surface area contributed by atoms with Crippen molar-refractivity contribution < 1.29 is 19.1 Å². The van der Waals surface area contributed by atoms with Crippen molar-refractivity contribution in [1.29, 1.82) is 0 Å². The molecule has 0 atom stereocenters. The lowest BCUT2D eigenvalue weighted by Gasteiger charge is -2.14. The lowest BCUT2D eigenvalue weighted by Crippen LogP contribution is -2.20. The third kappa shape index (κ3) is 5.95. The molecule has 0 aliphatic heterocycles. The van der Waals surface area contributed by atoms with Crippen LogP contribution in [0, 0.1) is 13.8 Å². The summed E-state index contributed by atoms with van der Waals surface area (Å²) >= 11 is 0. The Morgan fingerprint density at radius 1 is 0.914 bits per heavy atom. The second kappa shape index (κ2) is 10.7. The Kier molecular flexibility index (Phi) is 7.26. The van der Waals surface area contributed by atoms with Gasteiger partial charge in [-0.3, -0.25) is 0 Å². The topological polar surface area (TPSA) is 89.6 Å². The van der Waals surface area contributed by atoms with E-state index in [1.807, 2.05) is 68.4 Å². The number of pyridine rings is 1. The van der Waals surface area contributed by atoms with Gasteiger partial charge in [0.1, 0.15) is 5.75 Å². The number of aryl methyl sites for hydroxylation is 2. The molecule has 0 aliphatic carbocycles. The zero-order chi connectivity index (χ0) is 24.8. The number of aromatic nitrogens is 1. The fourth-order valence-corrected chi connectivity index (χ4v) is 3.73. The lowest BCUT2D eigenvalue weighted by atomic mass is 10.1. The van der Waals surface area contributed by atoms with E-state index in [0.717, 1.165) is 22.4 Å². The molecule has 178 valence electrons. The Morgan fingerprint density at radius 2 is 1.71 bits per heavy atom. The molecule has 0 radical (unpaired) electrons. The van der Waals surface area contributed by atoms with Gasteiger partial charge in [-0.25, -0.2) is 14.6 Å². The molecule has 1 aromatic heterocycles. The monoisotopic (exact) mass is 469 g/mol. The third-order valence-electron chi connectivity index (χ3n) is 5.38. The molecule has 0 bridgehead atoms. The molecular weight excluding hydrogens is 442 g/mol. The van der Waals surface area contributed by atoms with Crippen molar-refractivity contribution in [3.63, 3.8) is 0 Å². The van der Waals surface area contributed by atoms with Crippen LogP contribution < -0.4 is 15.4 Å². The predicted molar refractivity (Wildman–Crippen MR) is 138 cm³/mol. The van der Waals surface area contributed by atoms with E-state index in [9.17, 15) is 9.59 Å². The molecule has 0 spiro atoms. The van der Waals surface area contributed by atoms with Gasteiger partial charge in [0.25, 0.3) is 0 Å². The summed E-state index contributed by atoms with van der Waals surface area (Å²) in [6.07, 6.45) is 0. The van der Waals surface area contributed by atoms with Crippen LogP contribution >= 0.6 is 0 Å². The van der Waals surface area contributed by atoms with Gasteiger partial charge in [0.2, 0.25) is 0 Å². The number of urea groups is 1. The normalized spacial score (nSPS) is 10.6. The summed E-state index contributed by atoms with van der Waals surface area (Å²) in [4.78, 5) is 29.3. The first kappa shape index (κ1) is 23.8. The minimum absolute atomic E-state index is 0.230. The molecule has 0 fully saturated rings. The first-order chi connectivity index (χ1) is 16.9. The van der Waals surface area contributed by atoms with Crippen molar-refractivity contribution in [2.75, 3.05) is 23.8 Å². The van der Waals surface area contributed by atoms with Gasteiger partial charge in [0.15, 0.2) is 6.61 Å². The van der Waals surface area contributed by atoms with Gasteiger partial charge >= 0.3 is 12.0 Å². The number of amides is 2. The lowest BCUT2D eigenvalue weighted by molar-refractivity contribution is -0.145. The second-order valence-corrected chi connectivity index (χ2v) is 8.09. The summed E-state index contributed by atoms with van der Waals surface area (Å²) in [5, 5.41) is 6.40. The summed E-state index contributed by atoms with van der Waals surface area (Å²) in [7, 11) is 0.